The van der Waals surface area contributed by atoms with Crippen LogP contribution < -0.4 is 0 Å². The highest BCUT2D eigenvalue weighted by atomic mass is 16.1. The Morgan fingerprint density at radius 3 is 1.94 bits per heavy atom. The van der Waals surface area contributed by atoms with E-state index in [0.717, 1.165) is 30.6 Å². The number of carbonyl (C=O) groups is 1. The van der Waals surface area contributed by atoms with Gasteiger partial charge in [-0.05, 0) is 68.6 Å². The van der Waals surface area contributed by atoms with Crippen molar-refractivity contribution in [3.8, 4) is 0 Å². The van der Waals surface area contributed by atoms with E-state index >= 15 is 0 Å². The summed E-state index contributed by atoms with van der Waals surface area (Å²) in [5, 5.41) is 0. The predicted molar refractivity (Wildman–Crippen MR) is 69.7 cm³/mol. The zero-order chi connectivity index (χ0) is 12.0. The first-order valence-corrected chi connectivity index (χ1v) is 7.61. The third-order valence-electron chi connectivity index (χ3n) is 5.58. The first kappa shape index (κ1) is 11.7. The van der Waals surface area contributed by atoms with Crippen LogP contribution in [0.15, 0.2) is 0 Å². The molecule has 4 aliphatic carbocycles. The van der Waals surface area contributed by atoms with Crippen molar-refractivity contribution in [3.05, 3.63) is 0 Å². The summed E-state index contributed by atoms with van der Waals surface area (Å²) < 4.78 is 0. The Balaban J connectivity index is 1.71. The monoisotopic (exact) mass is 234 g/mol. The Hall–Kier alpha value is -0.330. The summed E-state index contributed by atoms with van der Waals surface area (Å²) in [5.41, 5.74) is 0.156. The molecule has 4 rings (SSSR count). The van der Waals surface area contributed by atoms with Crippen LogP contribution in [0, 0.1) is 29.1 Å². The molecule has 0 radical (unpaired) electrons. The maximum absolute atomic E-state index is 12.6. The maximum atomic E-state index is 12.6. The molecule has 0 amide bonds. The first-order chi connectivity index (χ1) is 8.07. The lowest BCUT2D eigenvalue weighted by molar-refractivity contribution is -0.144. The Kier molecular flexibility index (Phi) is 2.83. The van der Waals surface area contributed by atoms with Crippen molar-refractivity contribution in [3.63, 3.8) is 0 Å². The minimum Gasteiger partial charge on any atom is -0.299 e. The zero-order valence-electron chi connectivity index (χ0n) is 11.4. The Bertz CT molecular complexity index is 280. The van der Waals surface area contributed by atoms with Gasteiger partial charge in [-0.2, -0.15) is 0 Å². The molecule has 1 nitrogen and oxygen atoms in total. The zero-order valence-corrected chi connectivity index (χ0v) is 11.4. The van der Waals surface area contributed by atoms with Crippen molar-refractivity contribution in [2.75, 3.05) is 0 Å². The molecule has 96 valence electrons. The normalized spacial score (nSPS) is 43.4. The number of ketones is 1. The van der Waals surface area contributed by atoms with Crippen LogP contribution >= 0.6 is 0 Å². The van der Waals surface area contributed by atoms with Crippen LogP contribution in [0.1, 0.15) is 65.2 Å². The summed E-state index contributed by atoms with van der Waals surface area (Å²) in [6, 6.07) is 0. The van der Waals surface area contributed by atoms with Crippen LogP contribution in [-0.2, 0) is 4.79 Å². The second-order valence-electron chi connectivity index (χ2n) is 7.55. The minimum absolute atomic E-state index is 0.156. The number of hydrogen-bond donors (Lipinski definition) is 0. The van der Waals surface area contributed by atoms with Crippen LogP contribution in [-0.4, -0.2) is 5.78 Å². The Morgan fingerprint density at radius 2 is 1.53 bits per heavy atom. The third-order valence-corrected chi connectivity index (χ3v) is 5.58. The molecule has 0 aromatic carbocycles. The summed E-state index contributed by atoms with van der Waals surface area (Å²) in [5.74, 6) is 4.02. The number of hydrogen-bond acceptors (Lipinski definition) is 1. The van der Waals surface area contributed by atoms with Crippen molar-refractivity contribution in [2.24, 2.45) is 29.1 Å². The highest BCUT2D eigenvalue weighted by Crippen LogP contribution is 2.60. The fraction of sp³-hybridized carbons (Fsp3) is 0.938. The second kappa shape index (κ2) is 4.10. The van der Waals surface area contributed by atoms with Crippen LogP contribution in [0.2, 0.25) is 0 Å². The molecule has 4 saturated carbocycles. The maximum Gasteiger partial charge on any atom is 0.139 e. The van der Waals surface area contributed by atoms with Gasteiger partial charge in [-0.25, -0.2) is 0 Å². The van der Waals surface area contributed by atoms with Gasteiger partial charge in [-0.1, -0.05) is 13.8 Å². The van der Waals surface area contributed by atoms with E-state index in [0.29, 0.717) is 11.7 Å². The lowest BCUT2D eigenvalue weighted by atomic mass is 9.48. The number of carbonyl (C=O) groups excluding carboxylic acids is 1. The van der Waals surface area contributed by atoms with E-state index < -0.39 is 0 Å². The average Bonchev–Trinajstić information content (AvgIpc) is 2.23. The molecule has 0 unspecified atom stereocenters. The molecule has 4 fully saturated rings. The standard InChI is InChI=1S/C16H26O/c1-11(2)3-4-15(17)16-8-12-5-13(9-16)7-14(6-12)10-16/h11-14H,3-10H2,1-2H3. The van der Waals surface area contributed by atoms with Gasteiger partial charge in [0.05, 0.1) is 0 Å². The summed E-state index contributed by atoms with van der Waals surface area (Å²) in [4.78, 5) is 12.6. The van der Waals surface area contributed by atoms with Crippen LogP contribution in [0.5, 0.6) is 0 Å². The molecule has 0 atom stereocenters. The number of Topliss-reactive ketones (excluding diaryl/α,β-unsaturated/α-hetero) is 1. The van der Waals surface area contributed by atoms with E-state index in [1.54, 1.807) is 0 Å². The smallest absolute Gasteiger partial charge is 0.139 e. The van der Waals surface area contributed by atoms with Gasteiger partial charge < -0.3 is 0 Å². The van der Waals surface area contributed by atoms with Crippen LogP contribution in [0.3, 0.4) is 0 Å². The molecule has 0 saturated heterocycles. The van der Waals surface area contributed by atoms with Gasteiger partial charge in [-0.3, -0.25) is 4.79 Å². The van der Waals surface area contributed by atoms with Crippen molar-refractivity contribution >= 4 is 5.78 Å². The third kappa shape index (κ3) is 2.06. The predicted octanol–water partition coefficient (Wildman–Crippen LogP) is 4.21. The molecular formula is C16H26O. The summed E-state index contributed by atoms with van der Waals surface area (Å²) in [7, 11) is 0. The Morgan fingerprint density at radius 1 is 1.06 bits per heavy atom. The number of rotatable bonds is 4. The lowest BCUT2D eigenvalue weighted by Gasteiger charge is -2.56. The molecule has 0 heterocycles. The molecule has 0 aliphatic heterocycles. The highest BCUT2D eigenvalue weighted by molar-refractivity contribution is 5.85. The fourth-order valence-electron chi connectivity index (χ4n) is 5.14. The summed E-state index contributed by atoms with van der Waals surface area (Å²) in [6.07, 6.45) is 10.0. The van der Waals surface area contributed by atoms with Crippen molar-refractivity contribution < 1.29 is 4.79 Å². The van der Waals surface area contributed by atoms with E-state index in [-0.39, 0.29) is 5.41 Å². The fourth-order valence-corrected chi connectivity index (χ4v) is 5.14. The minimum atomic E-state index is 0.156. The Labute approximate surface area is 105 Å². The largest absolute Gasteiger partial charge is 0.299 e. The van der Waals surface area contributed by atoms with Gasteiger partial charge in [0.25, 0.3) is 0 Å². The van der Waals surface area contributed by atoms with Crippen molar-refractivity contribution in [1.82, 2.24) is 0 Å². The van der Waals surface area contributed by atoms with E-state index in [1.807, 2.05) is 0 Å². The molecule has 4 bridgehead atoms. The van der Waals surface area contributed by atoms with Crippen LogP contribution in [0.4, 0.5) is 0 Å². The quantitative estimate of drug-likeness (QED) is 0.712. The van der Waals surface area contributed by atoms with Gasteiger partial charge in [0, 0.05) is 11.8 Å². The molecule has 1 heteroatoms. The SMILES string of the molecule is CC(C)CCC(=O)C12CC3CC(CC(C3)C1)C2. The van der Waals surface area contributed by atoms with Gasteiger partial charge in [0.1, 0.15) is 5.78 Å². The topological polar surface area (TPSA) is 17.1 Å². The van der Waals surface area contributed by atoms with E-state index in [9.17, 15) is 4.79 Å². The van der Waals surface area contributed by atoms with Gasteiger partial charge >= 0.3 is 0 Å². The summed E-state index contributed by atoms with van der Waals surface area (Å²) in [6.45, 7) is 4.46. The molecule has 0 spiro atoms. The van der Waals surface area contributed by atoms with Gasteiger partial charge in [0.15, 0.2) is 0 Å². The van der Waals surface area contributed by atoms with E-state index in [1.165, 1.54) is 38.5 Å². The molecule has 0 aromatic rings. The van der Waals surface area contributed by atoms with Gasteiger partial charge in [-0.15, -0.1) is 0 Å². The average molecular weight is 234 g/mol. The molecule has 0 aromatic heterocycles. The van der Waals surface area contributed by atoms with E-state index in [4.69, 9.17) is 0 Å². The van der Waals surface area contributed by atoms with Crippen molar-refractivity contribution in [1.29, 1.82) is 0 Å². The highest BCUT2D eigenvalue weighted by Gasteiger charge is 2.53. The molecule has 0 N–H and O–H groups in total. The van der Waals surface area contributed by atoms with E-state index in [2.05, 4.69) is 13.8 Å². The molecule has 17 heavy (non-hydrogen) atoms. The van der Waals surface area contributed by atoms with Crippen LogP contribution in [0.25, 0.3) is 0 Å². The molecule has 4 aliphatic rings. The molecular weight excluding hydrogens is 208 g/mol. The van der Waals surface area contributed by atoms with Gasteiger partial charge in [0.2, 0.25) is 0 Å². The first-order valence-electron chi connectivity index (χ1n) is 7.61. The lowest BCUT2D eigenvalue weighted by Crippen LogP contribution is -2.50. The summed E-state index contributed by atoms with van der Waals surface area (Å²) >= 11 is 0. The van der Waals surface area contributed by atoms with Crippen molar-refractivity contribution in [2.45, 2.75) is 65.2 Å². The second-order valence-corrected chi connectivity index (χ2v) is 7.55.